The standard InChI is InChI=1S/C28H32N4O5S/c1-20-10-15-26(21(2)16-20)32(38(4,35)36)18-27(33)31-29-17-23-11-13-25(14-12-23)37-19-28(34)30-22(3)24-8-6-5-7-9-24/h5-17,22H,18-19H2,1-4H3,(H,30,34)(H,31,33)/b29-17-/t22-/m0/s1. The molecule has 0 aliphatic heterocycles. The Hall–Kier alpha value is -4.18. The van der Waals surface area contributed by atoms with E-state index in [2.05, 4.69) is 15.8 Å². The Morgan fingerprint density at radius 2 is 1.68 bits per heavy atom. The van der Waals surface area contributed by atoms with Crippen molar-refractivity contribution < 1.29 is 22.7 Å². The molecule has 3 aromatic carbocycles. The topological polar surface area (TPSA) is 117 Å². The van der Waals surface area contributed by atoms with Gasteiger partial charge in [0.25, 0.3) is 11.8 Å². The van der Waals surface area contributed by atoms with E-state index in [4.69, 9.17) is 4.74 Å². The van der Waals surface area contributed by atoms with Gasteiger partial charge in [0, 0.05) is 0 Å². The summed E-state index contributed by atoms with van der Waals surface area (Å²) in [7, 11) is -3.68. The average molecular weight is 537 g/mol. The van der Waals surface area contributed by atoms with Crippen LogP contribution in [0.4, 0.5) is 5.69 Å². The summed E-state index contributed by atoms with van der Waals surface area (Å²) in [6, 6.07) is 21.6. The van der Waals surface area contributed by atoms with Gasteiger partial charge in [0.1, 0.15) is 12.3 Å². The van der Waals surface area contributed by atoms with Gasteiger partial charge in [-0.05, 0) is 67.8 Å². The van der Waals surface area contributed by atoms with Gasteiger partial charge in [-0.2, -0.15) is 5.10 Å². The van der Waals surface area contributed by atoms with Gasteiger partial charge in [-0.3, -0.25) is 13.9 Å². The molecule has 38 heavy (non-hydrogen) atoms. The van der Waals surface area contributed by atoms with Crippen LogP contribution in [0.5, 0.6) is 5.75 Å². The lowest BCUT2D eigenvalue weighted by Gasteiger charge is -2.23. The molecule has 3 rings (SSSR count). The Kier molecular flexibility index (Phi) is 9.61. The molecule has 0 unspecified atom stereocenters. The predicted octanol–water partition coefficient (Wildman–Crippen LogP) is 3.48. The summed E-state index contributed by atoms with van der Waals surface area (Å²) < 4.78 is 31.2. The molecule has 1 atom stereocenters. The van der Waals surface area contributed by atoms with Gasteiger partial charge in [0.05, 0.1) is 24.2 Å². The van der Waals surface area contributed by atoms with Gasteiger partial charge in [-0.1, -0.05) is 48.0 Å². The highest BCUT2D eigenvalue weighted by Crippen LogP contribution is 2.23. The molecule has 3 aromatic rings. The lowest BCUT2D eigenvalue weighted by Crippen LogP contribution is -2.39. The van der Waals surface area contributed by atoms with E-state index in [0.29, 0.717) is 17.0 Å². The predicted molar refractivity (Wildman–Crippen MR) is 149 cm³/mol. The molecular formula is C28H32N4O5S. The molecule has 0 spiro atoms. The Balaban J connectivity index is 1.50. The summed E-state index contributed by atoms with van der Waals surface area (Å²) in [4.78, 5) is 24.6. The molecule has 0 aliphatic rings. The van der Waals surface area contributed by atoms with Crippen molar-refractivity contribution in [3.05, 3.63) is 95.1 Å². The molecule has 0 aliphatic carbocycles. The third-order valence-corrected chi connectivity index (χ3v) is 6.76. The fraction of sp³-hybridized carbons (Fsp3) is 0.250. The Morgan fingerprint density at radius 1 is 1.00 bits per heavy atom. The second-order valence-corrected chi connectivity index (χ2v) is 10.8. The average Bonchev–Trinajstić information content (AvgIpc) is 2.87. The molecule has 200 valence electrons. The minimum atomic E-state index is -3.68. The van der Waals surface area contributed by atoms with Crippen molar-refractivity contribution in [3.8, 4) is 5.75 Å². The van der Waals surface area contributed by atoms with Crippen LogP contribution in [0.25, 0.3) is 0 Å². The van der Waals surface area contributed by atoms with E-state index >= 15 is 0 Å². The van der Waals surface area contributed by atoms with Crippen LogP contribution in [0.15, 0.2) is 77.9 Å². The SMILES string of the molecule is Cc1ccc(N(CC(=O)N/N=C\c2ccc(OCC(=O)N[C@@H](C)c3ccccc3)cc2)S(C)(=O)=O)c(C)c1. The van der Waals surface area contributed by atoms with Crippen LogP contribution in [0.2, 0.25) is 0 Å². The number of hydrazone groups is 1. The summed E-state index contributed by atoms with van der Waals surface area (Å²) in [5, 5.41) is 6.81. The molecule has 0 heterocycles. The summed E-state index contributed by atoms with van der Waals surface area (Å²) in [6.07, 6.45) is 2.48. The first-order chi connectivity index (χ1) is 18.0. The number of hydrogen-bond acceptors (Lipinski definition) is 6. The van der Waals surface area contributed by atoms with E-state index in [1.54, 1.807) is 43.3 Å². The Labute approximate surface area is 223 Å². The van der Waals surface area contributed by atoms with Crippen molar-refractivity contribution in [3.63, 3.8) is 0 Å². The van der Waals surface area contributed by atoms with Crippen molar-refractivity contribution in [1.82, 2.24) is 10.7 Å². The summed E-state index contributed by atoms with van der Waals surface area (Å²) in [6.45, 7) is 5.08. The number of amides is 2. The number of hydrogen-bond donors (Lipinski definition) is 2. The van der Waals surface area contributed by atoms with E-state index in [-0.39, 0.29) is 18.6 Å². The monoisotopic (exact) mass is 536 g/mol. The zero-order valence-corrected chi connectivity index (χ0v) is 22.7. The van der Waals surface area contributed by atoms with Crippen LogP contribution in [0, 0.1) is 13.8 Å². The van der Waals surface area contributed by atoms with Crippen molar-refractivity contribution >= 4 is 33.7 Å². The highest BCUT2D eigenvalue weighted by atomic mass is 32.2. The zero-order chi connectivity index (χ0) is 27.7. The van der Waals surface area contributed by atoms with E-state index in [1.807, 2.05) is 50.2 Å². The number of carbonyl (C=O) groups excluding carboxylic acids is 2. The number of nitrogens with zero attached hydrogens (tertiary/aromatic N) is 2. The third kappa shape index (κ3) is 8.45. The van der Waals surface area contributed by atoms with Gasteiger partial charge < -0.3 is 10.1 Å². The molecule has 0 fully saturated rings. The number of rotatable bonds is 11. The van der Waals surface area contributed by atoms with E-state index in [1.165, 1.54) is 6.21 Å². The van der Waals surface area contributed by atoms with Crippen molar-refractivity contribution in [2.45, 2.75) is 26.8 Å². The van der Waals surface area contributed by atoms with Crippen LogP contribution in [0.1, 0.15) is 35.2 Å². The Bertz CT molecular complexity index is 1390. The quantitative estimate of drug-likeness (QED) is 0.288. The van der Waals surface area contributed by atoms with Gasteiger partial charge in [0.2, 0.25) is 10.0 Å². The normalized spacial score (nSPS) is 12.1. The lowest BCUT2D eigenvalue weighted by atomic mass is 10.1. The van der Waals surface area contributed by atoms with Crippen molar-refractivity contribution in [1.29, 1.82) is 0 Å². The van der Waals surface area contributed by atoms with E-state index in [0.717, 1.165) is 27.3 Å². The number of ether oxygens (including phenoxy) is 1. The summed E-state index contributed by atoms with van der Waals surface area (Å²) in [5.74, 6) is -0.313. The molecule has 2 N–H and O–H groups in total. The number of aryl methyl sites for hydroxylation is 2. The molecular weight excluding hydrogens is 504 g/mol. The maximum absolute atomic E-state index is 12.4. The second kappa shape index (κ2) is 12.9. The maximum atomic E-state index is 12.4. The fourth-order valence-corrected chi connectivity index (χ4v) is 4.63. The van der Waals surface area contributed by atoms with Crippen molar-refractivity contribution in [2.75, 3.05) is 23.7 Å². The molecule has 0 saturated heterocycles. The largest absolute Gasteiger partial charge is 0.484 e. The minimum Gasteiger partial charge on any atom is -0.484 e. The highest BCUT2D eigenvalue weighted by Gasteiger charge is 2.22. The van der Waals surface area contributed by atoms with Crippen LogP contribution in [-0.2, 0) is 19.6 Å². The molecule has 0 radical (unpaired) electrons. The van der Waals surface area contributed by atoms with Crippen LogP contribution < -0.4 is 19.8 Å². The number of sulfonamides is 1. The van der Waals surface area contributed by atoms with E-state index in [9.17, 15) is 18.0 Å². The molecule has 0 bridgehead atoms. The molecule has 10 heteroatoms. The van der Waals surface area contributed by atoms with Crippen LogP contribution in [-0.4, -0.2) is 45.9 Å². The van der Waals surface area contributed by atoms with Crippen LogP contribution >= 0.6 is 0 Å². The number of benzene rings is 3. The van der Waals surface area contributed by atoms with Gasteiger partial charge in [-0.25, -0.2) is 13.8 Å². The molecule has 9 nitrogen and oxygen atoms in total. The van der Waals surface area contributed by atoms with Crippen LogP contribution in [0.3, 0.4) is 0 Å². The van der Waals surface area contributed by atoms with Gasteiger partial charge >= 0.3 is 0 Å². The smallest absolute Gasteiger partial charge is 0.260 e. The number of carbonyl (C=O) groups is 2. The van der Waals surface area contributed by atoms with Gasteiger partial charge in [-0.15, -0.1) is 0 Å². The lowest BCUT2D eigenvalue weighted by molar-refractivity contribution is -0.123. The maximum Gasteiger partial charge on any atom is 0.260 e. The first kappa shape index (κ1) is 28.4. The fourth-order valence-electron chi connectivity index (χ4n) is 3.72. The minimum absolute atomic E-state index is 0.127. The zero-order valence-electron chi connectivity index (χ0n) is 21.8. The molecule has 0 aromatic heterocycles. The Morgan fingerprint density at radius 3 is 2.32 bits per heavy atom. The third-order valence-electron chi connectivity index (χ3n) is 5.64. The second-order valence-electron chi connectivity index (χ2n) is 8.91. The summed E-state index contributed by atoms with van der Waals surface area (Å²) >= 11 is 0. The summed E-state index contributed by atoms with van der Waals surface area (Å²) in [5.41, 5.74) is 6.22. The number of nitrogens with one attached hydrogen (secondary N) is 2. The van der Waals surface area contributed by atoms with Crippen molar-refractivity contribution in [2.24, 2.45) is 5.10 Å². The highest BCUT2D eigenvalue weighted by molar-refractivity contribution is 7.92. The number of anilines is 1. The first-order valence-electron chi connectivity index (χ1n) is 12.0. The molecule has 0 saturated carbocycles. The molecule has 2 amide bonds. The van der Waals surface area contributed by atoms with Gasteiger partial charge in [0.15, 0.2) is 6.61 Å². The first-order valence-corrected chi connectivity index (χ1v) is 13.8. The van der Waals surface area contributed by atoms with E-state index < -0.39 is 22.5 Å².